The normalized spacial score (nSPS) is 52.6. The molecule has 1 saturated heterocycles. The molecule has 0 aliphatic carbocycles. The van der Waals surface area contributed by atoms with Gasteiger partial charge in [0.15, 0.2) is 6.29 Å². The van der Waals surface area contributed by atoms with Gasteiger partial charge < -0.3 is 25.8 Å². The van der Waals surface area contributed by atoms with Crippen LogP contribution in [0.5, 0.6) is 0 Å². The quantitative estimate of drug-likeness (QED) is 0.324. The summed E-state index contributed by atoms with van der Waals surface area (Å²) in [6, 6.07) is -0.645. The number of rotatable bonds is 0. The molecule has 3 unspecified atom stereocenters. The summed E-state index contributed by atoms with van der Waals surface area (Å²) >= 11 is 0. The number of aliphatic hydroxyl groups is 3. The summed E-state index contributed by atoms with van der Waals surface area (Å²) in [6.07, 6.45) is -4.20. The molecule has 0 amide bonds. The lowest BCUT2D eigenvalue weighted by atomic mass is 9.98. The van der Waals surface area contributed by atoms with Crippen LogP contribution in [0.15, 0.2) is 0 Å². The summed E-state index contributed by atoms with van der Waals surface area (Å²) in [4.78, 5) is 0. The van der Waals surface area contributed by atoms with Gasteiger partial charge in [0.25, 0.3) is 0 Å². The van der Waals surface area contributed by atoms with Crippen LogP contribution in [-0.4, -0.2) is 46.0 Å². The Hall–Kier alpha value is -0.200. The minimum atomic E-state index is -1.33. The molecule has 1 heterocycles. The Morgan fingerprint density at radius 2 is 1.73 bits per heavy atom. The maximum Gasteiger partial charge on any atom is 0.183 e. The minimum absolute atomic E-state index is 0.441. The average molecular weight is 163 g/mol. The highest BCUT2D eigenvalue weighted by Crippen LogP contribution is 2.17. The Morgan fingerprint density at radius 1 is 1.18 bits per heavy atom. The van der Waals surface area contributed by atoms with Crippen molar-refractivity contribution in [2.45, 2.75) is 37.6 Å². The Kier molecular flexibility index (Phi) is 2.46. The first-order chi connectivity index (χ1) is 5.04. The summed E-state index contributed by atoms with van der Waals surface area (Å²) in [5.41, 5.74) is 5.43. The van der Waals surface area contributed by atoms with Crippen molar-refractivity contribution in [1.82, 2.24) is 0 Å². The van der Waals surface area contributed by atoms with E-state index in [1.807, 2.05) is 0 Å². The Labute approximate surface area is 64.4 Å². The van der Waals surface area contributed by atoms with Gasteiger partial charge in [0, 0.05) is 0 Å². The van der Waals surface area contributed by atoms with Gasteiger partial charge in [-0.15, -0.1) is 0 Å². The van der Waals surface area contributed by atoms with Crippen LogP contribution < -0.4 is 5.73 Å². The van der Waals surface area contributed by atoms with E-state index in [1.54, 1.807) is 6.92 Å². The van der Waals surface area contributed by atoms with Gasteiger partial charge in [-0.1, -0.05) is 0 Å². The molecule has 0 aromatic rings. The number of ether oxygens (including phenoxy) is 1. The molecule has 0 spiro atoms. The maximum atomic E-state index is 9.17. The van der Waals surface area contributed by atoms with Crippen LogP contribution in [0.4, 0.5) is 0 Å². The molecule has 0 aromatic heterocycles. The zero-order chi connectivity index (χ0) is 8.59. The van der Waals surface area contributed by atoms with Gasteiger partial charge in [0.1, 0.15) is 12.2 Å². The standard InChI is InChI=1S/C6H13NO4/c1-2-3(7)4(8)5(9)6(10)11-2/h2-6,8-10H,7H2,1H3/t2?,3-,4?,5?,6+/m1/s1. The lowest BCUT2D eigenvalue weighted by Crippen LogP contribution is -2.60. The van der Waals surface area contributed by atoms with Crippen molar-refractivity contribution in [3.63, 3.8) is 0 Å². The third kappa shape index (κ3) is 1.52. The Bertz CT molecular complexity index is 129. The van der Waals surface area contributed by atoms with Crippen LogP contribution in [0.3, 0.4) is 0 Å². The van der Waals surface area contributed by atoms with Crippen molar-refractivity contribution in [1.29, 1.82) is 0 Å². The fourth-order valence-corrected chi connectivity index (χ4v) is 1.07. The molecule has 0 aromatic carbocycles. The number of hydrogen-bond donors (Lipinski definition) is 4. The molecule has 5 atom stereocenters. The van der Waals surface area contributed by atoms with E-state index in [4.69, 9.17) is 20.7 Å². The fourth-order valence-electron chi connectivity index (χ4n) is 1.07. The number of nitrogens with two attached hydrogens (primary N) is 1. The first kappa shape index (κ1) is 8.89. The molecule has 5 N–H and O–H groups in total. The maximum absolute atomic E-state index is 9.17. The molecule has 1 aliphatic rings. The van der Waals surface area contributed by atoms with E-state index in [0.29, 0.717) is 0 Å². The van der Waals surface area contributed by atoms with Crippen molar-refractivity contribution in [2.75, 3.05) is 0 Å². The van der Waals surface area contributed by atoms with Gasteiger partial charge in [-0.2, -0.15) is 0 Å². The molecule has 0 radical (unpaired) electrons. The van der Waals surface area contributed by atoms with Gasteiger partial charge in [0.2, 0.25) is 0 Å². The highest BCUT2D eigenvalue weighted by molar-refractivity contribution is 4.89. The van der Waals surface area contributed by atoms with Gasteiger partial charge in [-0.05, 0) is 6.92 Å². The third-order valence-corrected chi connectivity index (χ3v) is 1.93. The molecular weight excluding hydrogens is 150 g/mol. The summed E-state index contributed by atoms with van der Waals surface area (Å²) in [5, 5.41) is 27.1. The van der Waals surface area contributed by atoms with Crippen molar-refractivity contribution in [3.05, 3.63) is 0 Å². The topological polar surface area (TPSA) is 95.9 Å². The van der Waals surface area contributed by atoms with Crippen molar-refractivity contribution in [3.8, 4) is 0 Å². The van der Waals surface area contributed by atoms with Crippen LogP contribution in [0.1, 0.15) is 6.92 Å². The molecule has 1 fully saturated rings. The monoisotopic (exact) mass is 163 g/mol. The van der Waals surface area contributed by atoms with Crippen molar-refractivity contribution >= 4 is 0 Å². The van der Waals surface area contributed by atoms with E-state index >= 15 is 0 Å². The van der Waals surface area contributed by atoms with E-state index < -0.39 is 30.6 Å². The third-order valence-electron chi connectivity index (χ3n) is 1.93. The van der Waals surface area contributed by atoms with Gasteiger partial charge in [0.05, 0.1) is 12.1 Å². The zero-order valence-corrected chi connectivity index (χ0v) is 6.21. The van der Waals surface area contributed by atoms with Crippen LogP contribution >= 0.6 is 0 Å². The largest absolute Gasteiger partial charge is 0.388 e. The average Bonchev–Trinajstić information content (AvgIpc) is 1.97. The van der Waals surface area contributed by atoms with E-state index in [1.165, 1.54) is 0 Å². The summed E-state index contributed by atoms with van der Waals surface area (Å²) in [5.74, 6) is 0. The molecule has 1 rings (SSSR count). The molecule has 1 aliphatic heterocycles. The molecule has 66 valence electrons. The SMILES string of the molecule is CC1O[C@H](O)C(O)C(O)[C@@H]1N. The van der Waals surface area contributed by atoms with Crippen LogP contribution in [0, 0.1) is 0 Å². The van der Waals surface area contributed by atoms with Gasteiger partial charge >= 0.3 is 0 Å². The summed E-state index contributed by atoms with van der Waals surface area (Å²) < 4.78 is 4.80. The predicted molar refractivity (Wildman–Crippen MR) is 36.5 cm³/mol. The zero-order valence-electron chi connectivity index (χ0n) is 6.21. The second-order valence-corrected chi connectivity index (χ2v) is 2.79. The Morgan fingerprint density at radius 3 is 2.27 bits per heavy atom. The van der Waals surface area contributed by atoms with E-state index in [2.05, 4.69) is 0 Å². The van der Waals surface area contributed by atoms with Crippen LogP contribution in [0.25, 0.3) is 0 Å². The fraction of sp³-hybridized carbons (Fsp3) is 1.00. The summed E-state index contributed by atoms with van der Waals surface area (Å²) in [7, 11) is 0. The molecule has 0 bridgehead atoms. The number of hydrogen-bond acceptors (Lipinski definition) is 5. The highest BCUT2D eigenvalue weighted by Gasteiger charge is 2.39. The predicted octanol–water partition coefficient (Wildman–Crippen LogP) is -2.23. The summed E-state index contributed by atoms with van der Waals surface area (Å²) in [6.45, 7) is 1.63. The second-order valence-electron chi connectivity index (χ2n) is 2.79. The van der Waals surface area contributed by atoms with Gasteiger partial charge in [-0.3, -0.25) is 0 Å². The highest BCUT2D eigenvalue weighted by atomic mass is 16.6. The first-order valence-corrected chi connectivity index (χ1v) is 3.49. The van der Waals surface area contributed by atoms with Crippen molar-refractivity contribution < 1.29 is 20.1 Å². The van der Waals surface area contributed by atoms with Crippen molar-refractivity contribution in [2.24, 2.45) is 5.73 Å². The molecule has 5 nitrogen and oxygen atoms in total. The minimum Gasteiger partial charge on any atom is -0.388 e. The van der Waals surface area contributed by atoms with Crippen LogP contribution in [0.2, 0.25) is 0 Å². The van der Waals surface area contributed by atoms with E-state index in [0.717, 1.165) is 0 Å². The lowest BCUT2D eigenvalue weighted by molar-refractivity contribution is -0.249. The van der Waals surface area contributed by atoms with E-state index in [-0.39, 0.29) is 0 Å². The van der Waals surface area contributed by atoms with Gasteiger partial charge in [-0.25, -0.2) is 0 Å². The number of aliphatic hydroxyl groups excluding tert-OH is 3. The lowest BCUT2D eigenvalue weighted by Gasteiger charge is -2.37. The molecule has 11 heavy (non-hydrogen) atoms. The smallest absolute Gasteiger partial charge is 0.183 e. The first-order valence-electron chi connectivity index (χ1n) is 3.49. The molecule has 5 heteroatoms. The van der Waals surface area contributed by atoms with E-state index in [9.17, 15) is 5.11 Å². The molecule has 0 saturated carbocycles. The molecular formula is C6H13NO4. The van der Waals surface area contributed by atoms with Crippen LogP contribution in [-0.2, 0) is 4.74 Å². The second kappa shape index (κ2) is 3.04. The Balaban J connectivity index is 2.63.